The molecule has 1 heterocycles. The minimum absolute atomic E-state index is 0.0528. The van der Waals surface area contributed by atoms with Crippen molar-refractivity contribution in [2.75, 3.05) is 11.5 Å². The topological polar surface area (TPSA) is 46.2 Å². The molecule has 1 aliphatic rings. The normalized spacial score (nSPS) is 21.2. The zero-order valence-corrected chi connectivity index (χ0v) is 13.0. The van der Waals surface area contributed by atoms with Crippen LogP contribution in [0.3, 0.4) is 0 Å². The molecule has 0 radical (unpaired) electrons. The van der Waals surface area contributed by atoms with Crippen LogP contribution in [0.2, 0.25) is 10.0 Å². The van der Waals surface area contributed by atoms with Gasteiger partial charge in [0.15, 0.2) is 0 Å². The van der Waals surface area contributed by atoms with Crippen molar-refractivity contribution in [2.45, 2.75) is 31.8 Å². The van der Waals surface area contributed by atoms with E-state index in [2.05, 4.69) is 5.32 Å². The van der Waals surface area contributed by atoms with Crippen LogP contribution in [0.1, 0.15) is 31.4 Å². The summed E-state index contributed by atoms with van der Waals surface area (Å²) in [7, 11) is -2.82. The fourth-order valence-corrected chi connectivity index (χ4v) is 4.30. The van der Waals surface area contributed by atoms with Gasteiger partial charge in [-0.2, -0.15) is 0 Å². The molecule has 0 amide bonds. The van der Waals surface area contributed by atoms with Crippen molar-refractivity contribution in [3.63, 3.8) is 0 Å². The largest absolute Gasteiger partial charge is 0.307 e. The average molecular weight is 322 g/mol. The van der Waals surface area contributed by atoms with E-state index in [1.54, 1.807) is 12.1 Å². The lowest BCUT2D eigenvalue weighted by Gasteiger charge is -2.27. The summed E-state index contributed by atoms with van der Waals surface area (Å²) in [5.41, 5.74) is 0.947. The van der Waals surface area contributed by atoms with Crippen LogP contribution >= 0.6 is 23.2 Å². The summed E-state index contributed by atoms with van der Waals surface area (Å²) in [5, 5.41) is 4.76. The summed E-state index contributed by atoms with van der Waals surface area (Å²) in [4.78, 5) is 0. The van der Waals surface area contributed by atoms with E-state index >= 15 is 0 Å². The van der Waals surface area contributed by atoms with E-state index in [4.69, 9.17) is 23.2 Å². The second kappa shape index (κ2) is 6.00. The van der Waals surface area contributed by atoms with Crippen molar-refractivity contribution in [3.8, 4) is 0 Å². The van der Waals surface area contributed by atoms with Crippen molar-refractivity contribution in [2.24, 2.45) is 0 Å². The summed E-state index contributed by atoms with van der Waals surface area (Å²) < 4.78 is 22.8. The van der Waals surface area contributed by atoms with Crippen molar-refractivity contribution >= 4 is 33.0 Å². The molecule has 1 aromatic rings. The molecule has 19 heavy (non-hydrogen) atoms. The molecule has 1 fully saturated rings. The molecule has 0 aromatic heterocycles. The molecule has 6 heteroatoms. The van der Waals surface area contributed by atoms with Crippen molar-refractivity contribution in [1.82, 2.24) is 5.32 Å². The molecule has 1 saturated heterocycles. The van der Waals surface area contributed by atoms with Crippen LogP contribution in [-0.4, -0.2) is 26.0 Å². The van der Waals surface area contributed by atoms with Crippen LogP contribution in [-0.2, 0) is 9.84 Å². The van der Waals surface area contributed by atoms with Crippen LogP contribution < -0.4 is 5.32 Å². The van der Waals surface area contributed by atoms with Crippen molar-refractivity contribution < 1.29 is 8.42 Å². The highest BCUT2D eigenvalue weighted by molar-refractivity contribution is 7.91. The smallest absolute Gasteiger partial charge is 0.150 e. The minimum Gasteiger partial charge on any atom is -0.307 e. The second-order valence-electron chi connectivity index (χ2n) is 4.98. The molecule has 106 valence electrons. The number of hydrogen-bond acceptors (Lipinski definition) is 3. The van der Waals surface area contributed by atoms with Gasteiger partial charge in [-0.05, 0) is 43.5 Å². The first-order chi connectivity index (χ1) is 8.87. The molecule has 0 spiro atoms. The van der Waals surface area contributed by atoms with Crippen molar-refractivity contribution in [1.29, 1.82) is 0 Å². The molecular formula is C13H17Cl2NO2S. The first-order valence-corrected chi connectivity index (χ1v) is 8.86. The quantitative estimate of drug-likeness (QED) is 0.929. The predicted octanol–water partition coefficient (Wildman–Crippen LogP) is 3.22. The average Bonchev–Trinajstić information content (AvgIpc) is 2.35. The Kier molecular flexibility index (Phi) is 4.77. The third-order valence-corrected chi connectivity index (χ3v) is 5.76. The molecule has 0 saturated carbocycles. The van der Waals surface area contributed by atoms with E-state index in [1.165, 1.54) is 0 Å². The fraction of sp³-hybridized carbons (Fsp3) is 0.538. The van der Waals surface area contributed by atoms with Gasteiger partial charge in [0.05, 0.1) is 11.5 Å². The molecule has 1 aromatic carbocycles. The standard InChI is InChI=1S/C13H17Cl2NO2S/c1-9(12-8-10(14)2-3-13(12)15)16-11-4-6-19(17,18)7-5-11/h2-3,8-9,11,16H,4-7H2,1H3. The van der Waals surface area contributed by atoms with Gasteiger partial charge in [0.2, 0.25) is 0 Å². The maximum Gasteiger partial charge on any atom is 0.150 e. The maximum absolute atomic E-state index is 11.4. The van der Waals surface area contributed by atoms with Crippen LogP contribution in [0.25, 0.3) is 0 Å². The highest BCUT2D eigenvalue weighted by Crippen LogP contribution is 2.27. The van der Waals surface area contributed by atoms with E-state index in [0.29, 0.717) is 22.9 Å². The minimum atomic E-state index is -2.82. The van der Waals surface area contributed by atoms with Gasteiger partial charge in [-0.3, -0.25) is 0 Å². The van der Waals surface area contributed by atoms with Crippen LogP contribution in [0.4, 0.5) is 0 Å². The molecule has 1 atom stereocenters. The van der Waals surface area contributed by atoms with E-state index in [1.807, 2.05) is 13.0 Å². The maximum atomic E-state index is 11.4. The lowest BCUT2D eigenvalue weighted by molar-refractivity contribution is 0.420. The van der Waals surface area contributed by atoms with E-state index < -0.39 is 9.84 Å². The van der Waals surface area contributed by atoms with Gasteiger partial charge in [-0.1, -0.05) is 23.2 Å². The Morgan fingerprint density at radius 2 is 1.89 bits per heavy atom. The third kappa shape index (κ3) is 4.09. The number of nitrogens with one attached hydrogen (secondary N) is 1. The number of halogens is 2. The van der Waals surface area contributed by atoms with Gasteiger partial charge in [0, 0.05) is 22.1 Å². The zero-order valence-electron chi connectivity index (χ0n) is 10.7. The highest BCUT2D eigenvalue weighted by atomic mass is 35.5. The SMILES string of the molecule is CC(NC1CCS(=O)(=O)CC1)c1cc(Cl)ccc1Cl. The molecule has 1 unspecified atom stereocenters. The van der Waals surface area contributed by atoms with Crippen molar-refractivity contribution in [3.05, 3.63) is 33.8 Å². The Hall–Kier alpha value is -0.290. The lowest BCUT2D eigenvalue weighted by Crippen LogP contribution is -2.38. The molecule has 1 aliphatic heterocycles. The van der Waals surface area contributed by atoms with Gasteiger partial charge in [-0.25, -0.2) is 8.42 Å². The Morgan fingerprint density at radius 3 is 2.53 bits per heavy atom. The van der Waals surface area contributed by atoms with Gasteiger partial charge in [0.25, 0.3) is 0 Å². The highest BCUT2D eigenvalue weighted by Gasteiger charge is 2.25. The van der Waals surface area contributed by atoms with Gasteiger partial charge in [0.1, 0.15) is 9.84 Å². The monoisotopic (exact) mass is 321 g/mol. The summed E-state index contributed by atoms with van der Waals surface area (Å²) in [6, 6.07) is 5.66. The first kappa shape index (κ1) is 15.1. The molecular weight excluding hydrogens is 305 g/mol. The molecule has 1 N–H and O–H groups in total. The number of rotatable bonds is 3. The number of hydrogen-bond donors (Lipinski definition) is 1. The number of sulfone groups is 1. The Labute approximate surface area is 124 Å². The van der Waals surface area contributed by atoms with Gasteiger partial charge >= 0.3 is 0 Å². The molecule has 0 bridgehead atoms. The summed E-state index contributed by atoms with van der Waals surface area (Å²) in [5.74, 6) is 0.529. The predicted molar refractivity (Wildman–Crippen MR) is 79.7 cm³/mol. The first-order valence-electron chi connectivity index (χ1n) is 6.29. The number of benzene rings is 1. The van der Waals surface area contributed by atoms with Crippen LogP contribution in [0.15, 0.2) is 18.2 Å². The molecule has 2 rings (SSSR count). The second-order valence-corrected chi connectivity index (χ2v) is 8.13. The molecule has 3 nitrogen and oxygen atoms in total. The Bertz CT molecular complexity index is 546. The lowest BCUT2D eigenvalue weighted by atomic mass is 10.1. The van der Waals surface area contributed by atoms with Crippen LogP contribution in [0.5, 0.6) is 0 Å². The Balaban J connectivity index is 2.01. The zero-order chi connectivity index (χ0) is 14.0. The van der Waals surface area contributed by atoms with Crippen LogP contribution in [0, 0.1) is 0 Å². The van der Waals surface area contributed by atoms with E-state index in [0.717, 1.165) is 5.56 Å². The summed E-state index contributed by atoms with van der Waals surface area (Å²) in [6.45, 7) is 2.01. The van der Waals surface area contributed by atoms with Gasteiger partial charge < -0.3 is 5.32 Å². The fourth-order valence-electron chi connectivity index (χ4n) is 2.35. The van der Waals surface area contributed by atoms with E-state index in [-0.39, 0.29) is 23.6 Å². The Morgan fingerprint density at radius 1 is 1.26 bits per heavy atom. The van der Waals surface area contributed by atoms with E-state index in [9.17, 15) is 8.42 Å². The third-order valence-electron chi connectivity index (χ3n) is 3.46. The molecule has 0 aliphatic carbocycles. The summed E-state index contributed by atoms with van der Waals surface area (Å²) >= 11 is 12.1. The summed E-state index contributed by atoms with van der Waals surface area (Å²) in [6.07, 6.45) is 1.32. The van der Waals surface area contributed by atoms with Gasteiger partial charge in [-0.15, -0.1) is 0 Å².